The molecular weight excluding hydrogens is 452 g/mol. The van der Waals surface area contributed by atoms with Crippen molar-refractivity contribution in [2.75, 3.05) is 0 Å². The smallest absolute Gasteiger partial charge is 0.335 e. The minimum atomic E-state index is -0.905. The second kappa shape index (κ2) is 8.12. The lowest BCUT2D eigenvalue weighted by atomic mass is 9.48. The van der Waals surface area contributed by atoms with Crippen molar-refractivity contribution >= 4 is 27.5 Å². The molecule has 0 radical (unpaired) electrons. The van der Waals surface area contributed by atoms with Gasteiger partial charge in [-0.25, -0.2) is 4.79 Å². The lowest BCUT2D eigenvalue weighted by molar-refractivity contribution is -0.130. The SMILES string of the molecule is O=C(O)/C(=C/CCc1ccc(O)c(C23CC4CC(CC(C4)C2)C3)c1)c1cccc(Br)c1. The topological polar surface area (TPSA) is 57.5 Å². The third-order valence-electron chi connectivity index (χ3n) is 7.82. The van der Waals surface area contributed by atoms with Gasteiger partial charge in [-0.2, -0.15) is 0 Å². The predicted molar refractivity (Wildman–Crippen MR) is 126 cm³/mol. The lowest BCUT2D eigenvalue weighted by Gasteiger charge is -2.57. The molecule has 0 aliphatic heterocycles. The zero-order chi connectivity index (χ0) is 21.6. The summed E-state index contributed by atoms with van der Waals surface area (Å²) in [6.07, 6.45) is 11.1. The maximum Gasteiger partial charge on any atom is 0.335 e. The molecule has 2 aromatic carbocycles. The van der Waals surface area contributed by atoms with E-state index in [9.17, 15) is 15.0 Å². The van der Waals surface area contributed by atoms with E-state index in [0.29, 0.717) is 23.3 Å². The van der Waals surface area contributed by atoms with Gasteiger partial charge in [0.15, 0.2) is 0 Å². The summed E-state index contributed by atoms with van der Waals surface area (Å²) in [5.74, 6) is 2.04. The Bertz CT molecular complexity index is 1000. The van der Waals surface area contributed by atoms with Crippen molar-refractivity contribution in [3.63, 3.8) is 0 Å². The Morgan fingerprint density at radius 1 is 1.03 bits per heavy atom. The van der Waals surface area contributed by atoms with Gasteiger partial charge in [0.05, 0.1) is 5.57 Å². The van der Waals surface area contributed by atoms with Crippen molar-refractivity contribution in [1.29, 1.82) is 0 Å². The number of allylic oxidation sites excluding steroid dienone is 1. The molecule has 31 heavy (non-hydrogen) atoms. The highest BCUT2D eigenvalue weighted by atomic mass is 79.9. The summed E-state index contributed by atoms with van der Waals surface area (Å²) in [5, 5.41) is 20.4. The molecule has 2 N–H and O–H groups in total. The van der Waals surface area contributed by atoms with Gasteiger partial charge in [0.1, 0.15) is 5.75 Å². The van der Waals surface area contributed by atoms with Gasteiger partial charge < -0.3 is 10.2 Å². The van der Waals surface area contributed by atoms with Crippen LogP contribution >= 0.6 is 15.9 Å². The van der Waals surface area contributed by atoms with Crippen molar-refractivity contribution in [3.8, 4) is 5.75 Å². The first-order chi connectivity index (χ1) is 14.9. The number of halogens is 1. The van der Waals surface area contributed by atoms with E-state index in [4.69, 9.17) is 0 Å². The Kier molecular flexibility index (Phi) is 5.45. The van der Waals surface area contributed by atoms with Gasteiger partial charge in [-0.05, 0) is 104 Å². The number of carboxylic acid groups (broad SMARTS) is 1. The number of aliphatic carboxylic acids is 1. The van der Waals surface area contributed by atoms with Gasteiger partial charge in [-0.3, -0.25) is 0 Å². The van der Waals surface area contributed by atoms with Crippen LogP contribution in [0.3, 0.4) is 0 Å². The highest BCUT2D eigenvalue weighted by Gasteiger charge is 2.52. The molecule has 0 heterocycles. The number of phenols is 1. The number of aromatic hydroxyl groups is 1. The number of phenolic OH excluding ortho intramolecular Hbond substituents is 1. The first kappa shape index (κ1) is 20.8. The van der Waals surface area contributed by atoms with Crippen LogP contribution in [0.5, 0.6) is 5.75 Å². The van der Waals surface area contributed by atoms with E-state index in [1.165, 1.54) is 44.1 Å². The maximum atomic E-state index is 11.8. The maximum absolute atomic E-state index is 11.8. The molecule has 4 aliphatic rings. The number of benzene rings is 2. The lowest BCUT2D eigenvalue weighted by Crippen LogP contribution is -2.48. The van der Waals surface area contributed by atoms with Gasteiger partial charge in [0.25, 0.3) is 0 Å². The molecule has 0 saturated heterocycles. The molecule has 3 nitrogen and oxygen atoms in total. The van der Waals surface area contributed by atoms with Crippen LogP contribution in [-0.4, -0.2) is 16.2 Å². The van der Waals surface area contributed by atoms with Crippen LogP contribution in [0.2, 0.25) is 0 Å². The van der Waals surface area contributed by atoms with Crippen LogP contribution in [0.4, 0.5) is 0 Å². The molecule has 6 rings (SSSR count). The molecule has 4 heteroatoms. The minimum absolute atomic E-state index is 0.160. The van der Waals surface area contributed by atoms with E-state index in [1.54, 1.807) is 0 Å². The van der Waals surface area contributed by atoms with Gasteiger partial charge in [-0.1, -0.05) is 46.3 Å². The monoisotopic (exact) mass is 480 g/mol. The fraction of sp³-hybridized carbons (Fsp3) is 0.444. The van der Waals surface area contributed by atoms with Crippen LogP contribution in [0.15, 0.2) is 53.0 Å². The number of rotatable bonds is 6. The summed E-state index contributed by atoms with van der Waals surface area (Å²) < 4.78 is 0.871. The molecule has 4 aliphatic carbocycles. The Morgan fingerprint density at radius 2 is 1.71 bits per heavy atom. The van der Waals surface area contributed by atoms with E-state index in [-0.39, 0.29) is 5.41 Å². The van der Waals surface area contributed by atoms with E-state index in [1.807, 2.05) is 42.5 Å². The van der Waals surface area contributed by atoms with E-state index < -0.39 is 5.97 Å². The zero-order valence-electron chi connectivity index (χ0n) is 17.7. The number of carbonyl (C=O) groups is 1. The van der Waals surface area contributed by atoms with Gasteiger partial charge in [-0.15, -0.1) is 0 Å². The van der Waals surface area contributed by atoms with Crippen molar-refractivity contribution in [2.45, 2.75) is 56.8 Å². The first-order valence-electron chi connectivity index (χ1n) is 11.4. The second-order valence-corrected chi connectivity index (χ2v) is 10.9. The average molecular weight is 481 g/mol. The molecular formula is C27H29BrO3. The Morgan fingerprint density at radius 3 is 2.32 bits per heavy atom. The summed E-state index contributed by atoms with van der Waals surface area (Å²) in [6, 6.07) is 13.5. The van der Waals surface area contributed by atoms with Gasteiger partial charge >= 0.3 is 5.97 Å². The summed E-state index contributed by atoms with van der Waals surface area (Å²) in [6.45, 7) is 0. The van der Waals surface area contributed by atoms with Crippen molar-refractivity contribution in [1.82, 2.24) is 0 Å². The van der Waals surface area contributed by atoms with E-state index in [0.717, 1.165) is 34.2 Å². The van der Waals surface area contributed by atoms with E-state index >= 15 is 0 Å². The molecule has 4 bridgehead atoms. The van der Waals surface area contributed by atoms with Crippen molar-refractivity contribution < 1.29 is 15.0 Å². The molecule has 0 amide bonds. The predicted octanol–water partition coefficient (Wildman–Crippen LogP) is 6.72. The Labute approximate surface area is 192 Å². The summed E-state index contributed by atoms with van der Waals surface area (Å²) >= 11 is 3.42. The highest BCUT2D eigenvalue weighted by Crippen LogP contribution is 2.61. The summed E-state index contributed by atoms with van der Waals surface area (Å²) in [7, 11) is 0. The van der Waals surface area contributed by atoms with Crippen LogP contribution < -0.4 is 0 Å². The third kappa shape index (κ3) is 4.07. The Balaban J connectivity index is 1.36. The second-order valence-electron chi connectivity index (χ2n) is 10.0. The molecule has 2 aromatic rings. The van der Waals surface area contributed by atoms with Crippen molar-refractivity contribution in [2.24, 2.45) is 17.8 Å². The minimum Gasteiger partial charge on any atom is -0.508 e. The highest BCUT2D eigenvalue weighted by molar-refractivity contribution is 9.10. The van der Waals surface area contributed by atoms with Crippen LogP contribution in [0, 0.1) is 17.8 Å². The normalized spacial score (nSPS) is 29.3. The van der Waals surface area contributed by atoms with Crippen LogP contribution in [0.25, 0.3) is 5.57 Å². The molecule has 162 valence electrons. The van der Waals surface area contributed by atoms with Crippen LogP contribution in [-0.2, 0) is 16.6 Å². The summed E-state index contributed by atoms with van der Waals surface area (Å²) in [4.78, 5) is 11.8. The molecule has 0 atom stereocenters. The fourth-order valence-corrected chi connectivity index (χ4v) is 7.37. The largest absolute Gasteiger partial charge is 0.508 e. The molecule has 0 aromatic heterocycles. The number of hydrogen-bond acceptors (Lipinski definition) is 2. The number of carboxylic acids is 1. The fourth-order valence-electron chi connectivity index (χ4n) is 6.97. The van der Waals surface area contributed by atoms with Crippen LogP contribution in [0.1, 0.15) is 61.6 Å². The number of hydrogen-bond donors (Lipinski definition) is 2. The zero-order valence-corrected chi connectivity index (χ0v) is 19.3. The first-order valence-corrected chi connectivity index (χ1v) is 12.2. The number of aryl methyl sites for hydroxylation is 1. The Hall–Kier alpha value is -2.07. The third-order valence-corrected chi connectivity index (χ3v) is 8.31. The quantitative estimate of drug-likeness (QED) is 0.450. The molecule has 0 unspecified atom stereocenters. The average Bonchev–Trinajstić information content (AvgIpc) is 2.71. The van der Waals surface area contributed by atoms with Gasteiger partial charge in [0.2, 0.25) is 0 Å². The van der Waals surface area contributed by atoms with Gasteiger partial charge in [0, 0.05) is 10.0 Å². The van der Waals surface area contributed by atoms with E-state index in [2.05, 4.69) is 22.0 Å². The summed E-state index contributed by atoms with van der Waals surface area (Å²) in [5.41, 5.74) is 3.54. The molecule has 4 fully saturated rings. The molecule has 0 spiro atoms. The van der Waals surface area contributed by atoms with Crippen molar-refractivity contribution in [3.05, 3.63) is 69.7 Å². The molecule has 4 saturated carbocycles. The standard InChI is InChI=1S/C27H29BrO3/c28-22-5-2-4-21(13-22)23(26(30)31)6-1-3-17-7-8-25(29)24(12-17)27-14-18-9-19(15-27)11-20(10-18)16-27/h2,4-8,12-13,18-20,29H,1,3,9-11,14-16H2,(H,30,31)/b23-6+.